The lowest BCUT2D eigenvalue weighted by Gasteiger charge is -2.11. The second-order valence-corrected chi connectivity index (χ2v) is 5.77. The van der Waals surface area contributed by atoms with Gasteiger partial charge < -0.3 is 10.1 Å². The van der Waals surface area contributed by atoms with E-state index in [9.17, 15) is 9.59 Å². The van der Waals surface area contributed by atoms with Gasteiger partial charge >= 0.3 is 5.97 Å². The Kier molecular flexibility index (Phi) is 7.15. The minimum Gasteiger partial charge on any atom is -0.465 e. The number of ether oxygens (including phenoxy) is 1. The zero-order chi connectivity index (χ0) is 15.0. The highest BCUT2D eigenvalue weighted by molar-refractivity contribution is 7.99. The van der Waals surface area contributed by atoms with E-state index in [4.69, 9.17) is 0 Å². The molecule has 0 aliphatic rings. The molecule has 1 N–H and O–H groups in total. The van der Waals surface area contributed by atoms with Crippen molar-refractivity contribution in [3.63, 3.8) is 0 Å². The molecule has 0 aromatic heterocycles. The standard InChI is InChI=1S/C15H21NO3S/c1-4-8-16-14(17)11(2)20-10-12-6-5-7-13(9-12)15(18)19-3/h5-7,9,11H,4,8,10H2,1-3H3,(H,16,17). The van der Waals surface area contributed by atoms with E-state index >= 15 is 0 Å². The van der Waals surface area contributed by atoms with E-state index in [0.29, 0.717) is 17.9 Å². The summed E-state index contributed by atoms with van der Waals surface area (Å²) in [6.45, 7) is 4.62. The van der Waals surface area contributed by atoms with Gasteiger partial charge in [-0.1, -0.05) is 19.1 Å². The third kappa shape index (κ3) is 5.25. The van der Waals surface area contributed by atoms with Crippen molar-refractivity contribution in [3.8, 4) is 0 Å². The average molecular weight is 295 g/mol. The lowest BCUT2D eigenvalue weighted by Crippen LogP contribution is -2.31. The van der Waals surface area contributed by atoms with E-state index in [1.165, 1.54) is 7.11 Å². The molecule has 0 heterocycles. The van der Waals surface area contributed by atoms with Gasteiger partial charge in [-0.3, -0.25) is 4.79 Å². The number of hydrogen-bond acceptors (Lipinski definition) is 4. The zero-order valence-corrected chi connectivity index (χ0v) is 13.0. The van der Waals surface area contributed by atoms with E-state index in [2.05, 4.69) is 10.1 Å². The molecule has 0 saturated heterocycles. The maximum Gasteiger partial charge on any atom is 0.337 e. The molecule has 1 aromatic rings. The number of esters is 1. The van der Waals surface area contributed by atoms with Crippen molar-refractivity contribution >= 4 is 23.6 Å². The van der Waals surface area contributed by atoms with Crippen LogP contribution in [0.25, 0.3) is 0 Å². The molecule has 0 aliphatic heterocycles. The number of thioether (sulfide) groups is 1. The summed E-state index contributed by atoms with van der Waals surface area (Å²) in [4.78, 5) is 23.2. The van der Waals surface area contributed by atoms with E-state index in [1.807, 2.05) is 26.0 Å². The molecule has 1 atom stereocenters. The molecule has 0 spiro atoms. The van der Waals surface area contributed by atoms with Crippen molar-refractivity contribution in [1.29, 1.82) is 0 Å². The summed E-state index contributed by atoms with van der Waals surface area (Å²) in [6, 6.07) is 7.28. The van der Waals surface area contributed by atoms with Crippen molar-refractivity contribution in [2.24, 2.45) is 0 Å². The Morgan fingerprint density at radius 2 is 2.15 bits per heavy atom. The van der Waals surface area contributed by atoms with Crippen LogP contribution >= 0.6 is 11.8 Å². The topological polar surface area (TPSA) is 55.4 Å². The van der Waals surface area contributed by atoms with Crippen LogP contribution < -0.4 is 5.32 Å². The predicted octanol–water partition coefficient (Wildman–Crippen LogP) is 2.62. The molecule has 0 fully saturated rings. The molecular formula is C15H21NO3S. The van der Waals surface area contributed by atoms with Crippen LogP contribution in [0.4, 0.5) is 0 Å². The van der Waals surface area contributed by atoms with Gasteiger partial charge in [-0.05, 0) is 31.0 Å². The molecule has 1 aromatic carbocycles. The van der Waals surface area contributed by atoms with Gasteiger partial charge in [0.05, 0.1) is 17.9 Å². The van der Waals surface area contributed by atoms with Crippen molar-refractivity contribution in [2.45, 2.75) is 31.3 Å². The van der Waals surface area contributed by atoms with Crippen LogP contribution in [0, 0.1) is 0 Å². The first-order valence-corrected chi connectivity index (χ1v) is 7.70. The molecule has 0 radical (unpaired) electrons. The molecule has 110 valence electrons. The number of carbonyl (C=O) groups excluding carboxylic acids is 2. The molecular weight excluding hydrogens is 274 g/mol. The Labute approximate surface area is 124 Å². The summed E-state index contributed by atoms with van der Waals surface area (Å²) >= 11 is 1.55. The van der Waals surface area contributed by atoms with Crippen molar-refractivity contribution in [3.05, 3.63) is 35.4 Å². The van der Waals surface area contributed by atoms with Gasteiger partial charge in [0.2, 0.25) is 5.91 Å². The average Bonchev–Trinajstić information content (AvgIpc) is 2.49. The lowest BCUT2D eigenvalue weighted by atomic mass is 10.1. The number of hydrogen-bond donors (Lipinski definition) is 1. The molecule has 20 heavy (non-hydrogen) atoms. The fourth-order valence-corrected chi connectivity index (χ4v) is 2.45. The fourth-order valence-electron chi connectivity index (χ4n) is 1.59. The first kappa shape index (κ1) is 16.6. The van der Waals surface area contributed by atoms with Crippen molar-refractivity contribution in [2.75, 3.05) is 13.7 Å². The number of rotatable bonds is 7. The summed E-state index contributed by atoms with van der Waals surface area (Å²) in [7, 11) is 1.36. The number of nitrogens with one attached hydrogen (secondary N) is 1. The van der Waals surface area contributed by atoms with Gasteiger partial charge in [0.15, 0.2) is 0 Å². The molecule has 5 heteroatoms. The van der Waals surface area contributed by atoms with Crippen LogP contribution in [-0.2, 0) is 15.3 Å². The molecule has 1 unspecified atom stereocenters. The number of methoxy groups -OCH3 is 1. The Morgan fingerprint density at radius 3 is 2.80 bits per heavy atom. The fraction of sp³-hybridized carbons (Fsp3) is 0.467. The number of amides is 1. The second-order valence-electron chi connectivity index (χ2n) is 4.44. The van der Waals surface area contributed by atoms with Gasteiger partial charge in [-0.2, -0.15) is 0 Å². The van der Waals surface area contributed by atoms with Crippen molar-refractivity contribution in [1.82, 2.24) is 5.32 Å². The predicted molar refractivity (Wildman–Crippen MR) is 81.8 cm³/mol. The highest BCUT2D eigenvalue weighted by atomic mass is 32.2. The van der Waals surface area contributed by atoms with Gasteiger partial charge in [-0.15, -0.1) is 11.8 Å². The third-order valence-electron chi connectivity index (χ3n) is 2.77. The summed E-state index contributed by atoms with van der Waals surface area (Å²) < 4.78 is 4.69. The minimum absolute atomic E-state index is 0.0565. The highest BCUT2D eigenvalue weighted by Crippen LogP contribution is 2.19. The summed E-state index contributed by atoms with van der Waals surface area (Å²) in [5.74, 6) is 0.400. The minimum atomic E-state index is -0.342. The van der Waals surface area contributed by atoms with E-state index in [0.717, 1.165) is 12.0 Å². The smallest absolute Gasteiger partial charge is 0.337 e. The van der Waals surface area contributed by atoms with Gasteiger partial charge in [0, 0.05) is 12.3 Å². The number of carbonyl (C=O) groups is 2. The zero-order valence-electron chi connectivity index (χ0n) is 12.1. The molecule has 0 aliphatic carbocycles. The SMILES string of the molecule is CCCNC(=O)C(C)SCc1cccc(C(=O)OC)c1. The monoisotopic (exact) mass is 295 g/mol. The second kappa shape index (κ2) is 8.64. The third-order valence-corrected chi connectivity index (χ3v) is 3.98. The number of benzene rings is 1. The Balaban J connectivity index is 2.53. The van der Waals surface area contributed by atoms with Crippen LogP contribution in [0.1, 0.15) is 36.2 Å². The van der Waals surface area contributed by atoms with Crippen LogP contribution in [0.5, 0.6) is 0 Å². The summed E-state index contributed by atoms with van der Waals surface area (Å²) in [5, 5.41) is 2.77. The quantitative estimate of drug-likeness (QED) is 0.786. The van der Waals surface area contributed by atoms with Crippen LogP contribution in [0.15, 0.2) is 24.3 Å². The maximum absolute atomic E-state index is 11.7. The first-order valence-electron chi connectivity index (χ1n) is 6.65. The van der Waals surface area contributed by atoms with E-state index < -0.39 is 0 Å². The van der Waals surface area contributed by atoms with E-state index in [1.54, 1.807) is 23.9 Å². The first-order chi connectivity index (χ1) is 9.58. The molecule has 1 rings (SSSR count). The van der Waals surface area contributed by atoms with E-state index in [-0.39, 0.29) is 17.1 Å². The molecule has 0 saturated carbocycles. The maximum atomic E-state index is 11.7. The largest absolute Gasteiger partial charge is 0.465 e. The molecule has 1 amide bonds. The lowest BCUT2D eigenvalue weighted by molar-refractivity contribution is -0.120. The van der Waals surface area contributed by atoms with Gasteiger partial charge in [0.25, 0.3) is 0 Å². The van der Waals surface area contributed by atoms with Crippen LogP contribution in [-0.4, -0.2) is 30.8 Å². The van der Waals surface area contributed by atoms with Crippen LogP contribution in [0.3, 0.4) is 0 Å². The van der Waals surface area contributed by atoms with Gasteiger partial charge in [-0.25, -0.2) is 4.79 Å². The summed E-state index contributed by atoms with van der Waals surface area (Å²) in [6.07, 6.45) is 0.935. The molecule has 0 bridgehead atoms. The molecule has 4 nitrogen and oxygen atoms in total. The summed E-state index contributed by atoms with van der Waals surface area (Å²) in [5.41, 5.74) is 1.54. The van der Waals surface area contributed by atoms with Crippen LogP contribution in [0.2, 0.25) is 0 Å². The highest BCUT2D eigenvalue weighted by Gasteiger charge is 2.13. The normalized spacial score (nSPS) is 11.8. The Bertz CT molecular complexity index is 462. The van der Waals surface area contributed by atoms with Gasteiger partial charge in [0.1, 0.15) is 0 Å². The van der Waals surface area contributed by atoms with Crippen molar-refractivity contribution < 1.29 is 14.3 Å². The Hall–Kier alpha value is -1.49. The Morgan fingerprint density at radius 1 is 1.40 bits per heavy atom.